The molecule has 1 heterocycles. The third-order valence-electron chi connectivity index (χ3n) is 4.74. The second-order valence-electron chi connectivity index (χ2n) is 6.89. The summed E-state index contributed by atoms with van der Waals surface area (Å²) in [6, 6.07) is 14.9. The lowest BCUT2D eigenvalue weighted by atomic mass is 10.0. The Morgan fingerprint density at radius 1 is 1.10 bits per heavy atom. The zero-order valence-electron chi connectivity index (χ0n) is 17.3. The van der Waals surface area contributed by atoms with Crippen LogP contribution < -0.4 is 14.8 Å². The molecular formula is C22H24BrN3O4. The zero-order chi connectivity index (χ0) is 21.7. The molecule has 0 spiro atoms. The monoisotopic (exact) mass is 473 g/mol. The lowest BCUT2D eigenvalue weighted by molar-refractivity contribution is 0.0933. The molecule has 3 rings (SSSR count). The normalized spacial score (nSPS) is 11.9. The van der Waals surface area contributed by atoms with E-state index in [0.29, 0.717) is 23.8 Å². The molecule has 3 aromatic rings. The van der Waals surface area contributed by atoms with E-state index in [1.807, 2.05) is 61.5 Å². The third-order valence-corrected chi connectivity index (χ3v) is 5.27. The molecule has 8 heteroatoms. The Morgan fingerprint density at radius 2 is 1.80 bits per heavy atom. The lowest BCUT2D eigenvalue weighted by Gasteiger charge is -2.25. The van der Waals surface area contributed by atoms with Crippen molar-refractivity contribution in [1.29, 1.82) is 0 Å². The van der Waals surface area contributed by atoms with Crippen molar-refractivity contribution in [2.24, 2.45) is 0 Å². The number of benzene rings is 2. The van der Waals surface area contributed by atoms with Crippen molar-refractivity contribution < 1.29 is 18.8 Å². The van der Waals surface area contributed by atoms with E-state index in [1.165, 1.54) is 0 Å². The van der Waals surface area contributed by atoms with Crippen molar-refractivity contribution in [2.75, 3.05) is 34.9 Å². The highest BCUT2D eigenvalue weighted by Crippen LogP contribution is 2.31. The van der Waals surface area contributed by atoms with Crippen molar-refractivity contribution in [1.82, 2.24) is 15.4 Å². The highest BCUT2D eigenvalue weighted by molar-refractivity contribution is 9.10. The van der Waals surface area contributed by atoms with Gasteiger partial charge in [0.2, 0.25) is 0 Å². The summed E-state index contributed by atoms with van der Waals surface area (Å²) in [6.07, 6.45) is 0. The summed E-state index contributed by atoms with van der Waals surface area (Å²) >= 11 is 3.40. The first-order valence-corrected chi connectivity index (χ1v) is 10.1. The first kappa shape index (κ1) is 21.9. The first-order valence-electron chi connectivity index (χ1n) is 9.32. The molecule has 2 aromatic carbocycles. The Balaban J connectivity index is 1.71. The number of methoxy groups -OCH3 is 2. The number of nitrogens with zero attached hydrogens (tertiary/aromatic N) is 2. The largest absolute Gasteiger partial charge is 0.493 e. The van der Waals surface area contributed by atoms with Crippen LogP contribution in [0.5, 0.6) is 11.5 Å². The minimum absolute atomic E-state index is 0.0633. The highest BCUT2D eigenvalue weighted by atomic mass is 79.9. The van der Waals surface area contributed by atoms with E-state index in [1.54, 1.807) is 20.3 Å². The summed E-state index contributed by atoms with van der Waals surface area (Å²) < 4.78 is 17.0. The van der Waals surface area contributed by atoms with E-state index in [0.717, 1.165) is 15.6 Å². The van der Waals surface area contributed by atoms with Crippen LogP contribution in [0.1, 0.15) is 22.1 Å². The molecule has 1 amide bonds. The maximum atomic E-state index is 12.6. The van der Waals surface area contributed by atoms with Crippen molar-refractivity contribution >= 4 is 21.8 Å². The number of halogens is 1. The van der Waals surface area contributed by atoms with Crippen LogP contribution in [0, 0.1) is 0 Å². The summed E-state index contributed by atoms with van der Waals surface area (Å²) in [7, 11) is 7.10. The summed E-state index contributed by atoms with van der Waals surface area (Å²) in [5, 5.41) is 6.85. The zero-order valence-corrected chi connectivity index (χ0v) is 18.9. The van der Waals surface area contributed by atoms with Crippen LogP contribution >= 0.6 is 15.9 Å². The molecule has 30 heavy (non-hydrogen) atoms. The second kappa shape index (κ2) is 9.77. The molecule has 0 aliphatic rings. The van der Waals surface area contributed by atoms with Crippen LogP contribution in [0.2, 0.25) is 0 Å². The van der Waals surface area contributed by atoms with E-state index in [9.17, 15) is 4.79 Å². The predicted octanol–water partition coefficient (Wildman–Crippen LogP) is 4.15. The predicted molar refractivity (Wildman–Crippen MR) is 118 cm³/mol. The minimum Gasteiger partial charge on any atom is -0.493 e. The second-order valence-corrected chi connectivity index (χ2v) is 7.80. The average molecular weight is 474 g/mol. The smallest absolute Gasteiger partial charge is 0.273 e. The number of rotatable bonds is 8. The van der Waals surface area contributed by atoms with Gasteiger partial charge in [-0.2, -0.15) is 0 Å². The van der Waals surface area contributed by atoms with Gasteiger partial charge in [0.1, 0.15) is 0 Å². The highest BCUT2D eigenvalue weighted by Gasteiger charge is 2.20. The number of carbonyl (C=O) groups excluding carboxylic acids is 1. The number of hydrogen-bond acceptors (Lipinski definition) is 6. The minimum atomic E-state index is -0.297. The van der Waals surface area contributed by atoms with Crippen molar-refractivity contribution in [3.05, 3.63) is 64.3 Å². The van der Waals surface area contributed by atoms with Crippen LogP contribution in [-0.2, 0) is 0 Å². The number of nitrogens with one attached hydrogen (secondary N) is 1. The maximum absolute atomic E-state index is 12.6. The Labute approximate surface area is 184 Å². The summed E-state index contributed by atoms with van der Waals surface area (Å²) in [5.41, 5.74) is 2.08. The molecule has 0 saturated heterocycles. The van der Waals surface area contributed by atoms with Gasteiger partial charge in [0.25, 0.3) is 5.91 Å². The molecule has 1 aromatic heterocycles. The van der Waals surface area contributed by atoms with E-state index >= 15 is 0 Å². The van der Waals surface area contributed by atoms with E-state index in [4.69, 9.17) is 14.0 Å². The van der Waals surface area contributed by atoms with Crippen LogP contribution in [-0.4, -0.2) is 50.8 Å². The number of ether oxygens (including phenoxy) is 2. The third kappa shape index (κ3) is 5.01. The Morgan fingerprint density at radius 3 is 2.43 bits per heavy atom. The molecule has 0 aliphatic carbocycles. The van der Waals surface area contributed by atoms with Gasteiger partial charge >= 0.3 is 0 Å². The molecule has 0 saturated carbocycles. The Kier molecular flexibility index (Phi) is 7.12. The molecule has 0 unspecified atom stereocenters. The van der Waals surface area contributed by atoms with Gasteiger partial charge in [-0.15, -0.1) is 0 Å². The van der Waals surface area contributed by atoms with Crippen LogP contribution in [0.3, 0.4) is 0 Å². The average Bonchev–Trinajstić information content (AvgIpc) is 3.24. The fourth-order valence-corrected chi connectivity index (χ4v) is 3.34. The van der Waals surface area contributed by atoms with Crippen molar-refractivity contribution in [3.8, 4) is 22.8 Å². The van der Waals surface area contributed by atoms with E-state index in [-0.39, 0.29) is 17.6 Å². The molecule has 158 valence electrons. The molecule has 0 fully saturated rings. The summed E-state index contributed by atoms with van der Waals surface area (Å²) in [4.78, 5) is 14.6. The topological polar surface area (TPSA) is 76.8 Å². The van der Waals surface area contributed by atoms with Crippen LogP contribution in [0.25, 0.3) is 11.3 Å². The summed E-state index contributed by atoms with van der Waals surface area (Å²) in [6.45, 7) is 0.391. The Hall–Kier alpha value is -2.84. The molecular weight excluding hydrogens is 450 g/mol. The van der Waals surface area contributed by atoms with E-state index in [2.05, 4.69) is 26.4 Å². The first-order chi connectivity index (χ1) is 14.4. The number of amides is 1. The molecule has 7 nitrogen and oxygen atoms in total. The maximum Gasteiger partial charge on any atom is 0.273 e. The van der Waals surface area contributed by atoms with Gasteiger partial charge in [-0.1, -0.05) is 39.3 Å². The van der Waals surface area contributed by atoms with E-state index < -0.39 is 0 Å². The van der Waals surface area contributed by atoms with Gasteiger partial charge in [-0.25, -0.2) is 0 Å². The Bertz CT molecular complexity index is 1000. The fraction of sp³-hybridized carbons (Fsp3) is 0.273. The lowest BCUT2D eigenvalue weighted by Crippen LogP contribution is -2.34. The fourth-order valence-electron chi connectivity index (χ4n) is 3.07. The van der Waals surface area contributed by atoms with Gasteiger partial charge in [-0.3, -0.25) is 4.79 Å². The van der Waals surface area contributed by atoms with Crippen molar-refractivity contribution in [2.45, 2.75) is 6.04 Å². The number of hydrogen-bond donors (Lipinski definition) is 1. The number of aromatic nitrogens is 1. The summed E-state index contributed by atoms with van der Waals surface area (Å²) in [5.74, 6) is 1.54. The quantitative estimate of drug-likeness (QED) is 0.529. The van der Waals surface area contributed by atoms with Gasteiger partial charge in [-0.05, 0) is 43.9 Å². The van der Waals surface area contributed by atoms with Gasteiger partial charge in [0, 0.05) is 22.6 Å². The van der Waals surface area contributed by atoms with Crippen molar-refractivity contribution in [3.63, 3.8) is 0 Å². The molecule has 1 N–H and O–H groups in total. The standard InChI is InChI=1S/C22H24BrN3O4/c1-26(2)18(15-7-10-19(28-3)21(11-15)29-4)13-24-22(27)17-12-20(30-25-17)14-5-8-16(23)9-6-14/h5-12,18H,13H2,1-4H3,(H,24,27)/t18-/m0/s1. The number of carbonyl (C=O) groups is 1. The van der Waals surface area contributed by atoms with Crippen LogP contribution in [0.15, 0.2) is 57.5 Å². The number of likely N-dealkylation sites (N-methyl/N-ethyl adjacent to an activating group) is 1. The SMILES string of the molecule is COc1ccc([C@H](CNC(=O)c2cc(-c3ccc(Br)cc3)on2)N(C)C)cc1OC. The molecule has 0 aliphatic heterocycles. The van der Waals surface area contributed by atoms with Gasteiger partial charge in [0.15, 0.2) is 23.0 Å². The molecule has 1 atom stereocenters. The molecule has 0 radical (unpaired) electrons. The van der Waals surface area contributed by atoms with Crippen LogP contribution in [0.4, 0.5) is 0 Å². The van der Waals surface area contributed by atoms with Gasteiger partial charge in [0.05, 0.1) is 20.3 Å². The molecule has 0 bridgehead atoms. The van der Waals surface area contributed by atoms with Gasteiger partial charge < -0.3 is 24.2 Å².